The molecule has 2 aromatic rings. The minimum Gasteiger partial charge on any atom is -0.364 e. The predicted molar refractivity (Wildman–Crippen MR) is 100 cm³/mol. The van der Waals surface area contributed by atoms with Crippen molar-refractivity contribution in [1.82, 2.24) is 20.1 Å². The van der Waals surface area contributed by atoms with Gasteiger partial charge in [0.05, 0.1) is 11.9 Å². The molecule has 1 unspecified atom stereocenters. The molecule has 0 aromatic carbocycles. The van der Waals surface area contributed by atoms with E-state index in [2.05, 4.69) is 51.8 Å². The van der Waals surface area contributed by atoms with Crippen LogP contribution in [0.15, 0.2) is 29.3 Å². The number of H-pyrrole nitrogens is 1. The number of piperazine rings is 1. The van der Waals surface area contributed by atoms with Crippen molar-refractivity contribution < 1.29 is 0 Å². The van der Waals surface area contributed by atoms with Crippen molar-refractivity contribution in [2.75, 3.05) is 24.5 Å². The van der Waals surface area contributed by atoms with Crippen LogP contribution in [0.1, 0.15) is 38.1 Å². The lowest BCUT2D eigenvalue weighted by Gasteiger charge is -2.43. The zero-order valence-electron chi connectivity index (χ0n) is 14.9. The van der Waals surface area contributed by atoms with Gasteiger partial charge in [-0.3, -0.25) is 14.7 Å². The van der Waals surface area contributed by atoms with Crippen LogP contribution in [0.25, 0.3) is 0 Å². The van der Waals surface area contributed by atoms with Gasteiger partial charge in [0.2, 0.25) is 0 Å². The number of aromatic amines is 1. The van der Waals surface area contributed by atoms with E-state index in [1.165, 1.54) is 5.56 Å². The second-order valence-corrected chi connectivity index (χ2v) is 6.88. The quantitative estimate of drug-likeness (QED) is 0.906. The first kappa shape index (κ1) is 17.9. The van der Waals surface area contributed by atoms with Crippen molar-refractivity contribution in [3.8, 4) is 0 Å². The number of nitrogens with one attached hydrogen (secondary N) is 1. The van der Waals surface area contributed by atoms with E-state index >= 15 is 0 Å². The first-order valence-electron chi connectivity index (χ1n) is 8.70. The van der Waals surface area contributed by atoms with Crippen LogP contribution in [0.2, 0.25) is 5.02 Å². The first-order valence-corrected chi connectivity index (χ1v) is 9.08. The molecule has 1 saturated heterocycles. The second-order valence-electron chi connectivity index (χ2n) is 6.50. The summed E-state index contributed by atoms with van der Waals surface area (Å²) in [5, 5.41) is 6.48. The topological polar surface area (TPSA) is 65.1 Å². The van der Waals surface area contributed by atoms with Gasteiger partial charge in [-0.05, 0) is 31.9 Å². The zero-order valence-corrected chi connectivity index (χ0v) is 15.6. The van der Waals surface area contributed by atoms with Crippen LogP contribution in [0.4, 0.5) is 5.69 Å². The molecule has 6 nitrogen and oxygen atoms in total. The third-order valence-electron chi connectivity index (χ3n) is 5.00. The summed E-state index contributed by atoms with van der Waals surface area (Å²) in [5.74, 6) is 0. The second kappa shape index (κ2) is 7.54. The Balaban J connectivity index is 1.77. The Morgan fingerprint density at radius 3 is 2.96 bits per heavy atom. The molecule has 1 N–H and O–H groups in total. The molecule has 25 heavy (non-hydrogen) atoms. The molecule has 134 valence electrons. The van der Waals surface area contributed by atoms with E-state index in [9.17, 15) is 4.79 Å². The molecule has 3 rings (SSSR count). The number of rotatable bonds is 4. The third-order valence-corrected chi connectivity index (χ3v) is 5.37. The standard InChI is InChI=1S/C18H24ClN5O/c1-4-15-14(6-5-7-20-15)13(3)23-8-9-24(12(2)11-23)16-10-21-22-18(25)17(16)19/h5-7,10,12-13H,4,8-9,11H2,1-3H3,(H,22,25)/t12-,13?/m1/s1. The lowest BCUT2D eigenvalue weighted by molar-refractivity contribution is 0.174. The maximum Gasteiger partial charge on any atom is 0.285 e. The van der Waals surface area contributed by atoms with E-state index in [-0.39, 0.29) is 16.6 Å². The molecular formula is C18H24ClN5O. The summed E-state index contributed by atoms with van der Waals surface area (Å²) in [7, 11) is 0. The molecule has 2 atom stereocenters. The van der Waals surface area contributed by atoms with Gasteiger partial charge in [-0.25, -0.2) is 5.10 Å². The van der Waals surface area contributed by atoms with Crippen LogP contribution < -0.4 is 10.5 Å². The van der Waals surface area contributed by atoms with Crippen molar-refractivity contribution in [2.45, 2.75) is 39.3 Å². The van der Waals surface area contributed by atoms with Crippen molar-refractivity contribution in [3.63, 3.8) is 0 Å². The molecule has 7 heteroatoms. The van der Waals surface area contributed by atoms with Crippen LogP contribution in [0.3, 0.4) is 0 Å². The number of aromatic nitrogens is 3. The lowest BCUT2D eigenvalue weighted by atomic mass is 10.0. The fourth-order valence-corrected chi connectivity index (χ4v) is 3.79. The van der Waals surface area contributed by atoms with Crippen molar-refractivity contribution in [3.05, 3.63) is 51.2 Å². The number of halogens is 1. The number of hydrogen-bond acceptors (Lipinski definition) is 5. The Morgan fingerprint density at radius 2 is 2.24 bits per heavy atom. The Kier molecular flexibility index (Phi) is 5.39. The van der Waals surface area contributed by atoms with Gasteiger partial charge < -0.3 is 4.90 Å². The highest BCUT2D eigenvalue weighted by atomic mass is 35.5. The fourth-order valence-electron chi connectivity index (χ4n) is 3.59. The minimum absolute atomic E-state index is 0.212. The largest absolute Gasteiger partial charge is 0.364 e. The number of hydrogen-bond donors (Lipinski definition) is 1. The summed E-state index contributed by atoms with van der Waals surface area (Å²) < 4.78 is 0. The monoisotopic (exact) mass is 361 g/mol. The molecule has 0 amide bonds. The summed E-state index contributed by atoms with van der Waals surface area (Å²) in [6.45, 7) is 9.12. The van der Waals surface area contributed by atoms with Gasteiger partial charge >= 0.3 is 0 Å². The lowest BCUT2D eigenvalue weighted by Crippen LogP contribution is -2.53. The van der Waals surface area contributed by atoms with Crippen LogP contribution >= 0.6 is 11.6 Å². The van der Waals surface area contributed by atoms with Gasteiger partial charge in [-0.2, -0.15) is 5.10 Å². The molecule has 1 aliphatic heterocycles. The average Bonchev–Trinajstić information content (AvgIpc) is 2.63. The summed E-state index contributed by atoms with van der Waals surface area (Å²) in [4.78, 5) is 20.9. The Bertz CT molecular complexity index is 793. The van der Waals surface area contributed by atoms with Crippen LogP contribution in [-0.4, -0.2) is 45.8 Å². The summed E-state index contributed by atoms with van der Waals surface area (Å²) in [6.07, 6.45) is 4.43. The number of nitrogens with zero attached hydrogens (tertiary/aromatic N) is 4. The summed E-state index contributed by atoms with van der Waals surface area (Å²) >= 11 is 6.18. The van der Waals surface area contributed by atoms with Crippen LogP contribution in [0.5, 0.6) is 0 Å². The van der Waals surface area contributed by atoms with Gasteiger partial charge in [-0.15, -0.1) is 0 Å². The summed E-state index contributed by atoms with van der Waals surface area (Å²) in [5.41, 5.74) is 2.82. The fraction of sp³-hybridized carbons (Fsp3) is 0.500. The highest BCUT2D eigenvalue weighted by Crippen LogP contribution is 2.29. The Labute approximate surface area is 152 Å². The molecule has 2 aromatic heterocycles. The van der Waals surface area contributed by atoms with E-state index in [1.807, 2.05) is 12.3 Å². The van der Waals surface area contributed by atoms with Crippen molar-refractivity contribution in [2.24, 2.45) is 0 Å². The molecule has 0 bridgehead atoms. The van der Waals surface area contributed by atoms with Gasteiger partial charge in [0.15, 0.2) is 0 Å². The number of aryl methyl sites for hydroxylation is 1. The zero-order chi connectivity index (χ0) is 18.0. The van der Waals surface area contributed by atoms with Gasteiger partial charge in [-0.1, -0.05) is 24.6 Å². The van der Waals surface area contributed by atoms with Gasteiger partial charge in [0, 0.05) is 43.6 Å². The Morgan fingerprint density at radius 1 is 1.44 bits per heavy atom. The molecule has 0 aliphatic carbocycles. The summed E-state index contributed by atoms with van der Waals surface area (Å²) in [6, 6.07) is 4.72. The van der Waals surface area contributed by atoms with E-state index < -0.39 is 0 Å². The van der Waals surface area contributed by atoms with E-state index in [4.69, 9.17) is 11.6 Å². The Hall–Kier alpha value is -1.92. The molecule has 1 fully saturated rings. The highest BCUT2D eigenvalue weighted by molar-refractivity contribution is 6.33. The maximum absolute atomic E-state index is 11.7. The predicted octanol–water partition coefficient (Wildman–Crippen LogP) is 2.65. The maximum atomic E-state index is 11.7. The van der Waals surface area contributed by atoms with Crippen LogP contribution in [0, 0.1) is 0 Å². The van der Waals surface area contributed by atoms with Gasteiger partial charge in [0.25, 0.3) is 5.56 Å². The first-order chi connectivity index (χ1) is 12.0. The highest BCUT2D eigenvalue weighted by Gasteiger charge is 2.29. The number of pyridine rings is 1. The molecule has 3 heterocycles. The minimum atomic E-state index is -0.342. The van der Waals surface area contributed by atoms with Crippen molar-refractivity contribution in [1.29, 1.82) is 0 Å². The molecular weight excluding hydrogens is 338 g/mol. The van der Waals surface area contributed by atoms with E-state index in [1.54, 1.807) is 6.20 Å². The third kappa shape index (κ3) is 3.55. The number of anilines is 1. The smallest absolute Gasteiger partial charge is 0.285 e. The normalized spacial score (nSPS) is 19.8. The SMILES string of the molecule is CCc1ncccc1C(C)N1CCN(c2cn[nH]c(=O)c2Cl)[C@H](C)C1. The molecule has 0 radical (unpaired) electrons. The van der Waals surface area contributed by atoms with E-state index in [0.717, 1.165) is 31.7 Å². The molecule has 1 aliphatic rings. The molecule has 0 saturated carbocycles. The van der Waals surface area contributed by atoms with Crippen molar-refractivity contribution >= 4 is 17.3 Å². The van der Waals surface area contributed by atoms with Gasteiger partial charge in [0.1, 0.15) is 5.02 Å². The van der Waals surface area contributed by atoms with Crippen LogP contribution in [-0.2, 0) is 6.42 Å². The van der Waals surface area contributed by atoms with E-state index in [0.29, 0.717) is 11.7 Å². The molecule has 0 spiro atoms. The average molecular weight is 362 g/mol.